The summed E-state index contributed by atoms with van der Waals surface area (Å²) >= 11 is 0. The Bertz CT molecular complexity index is 2610. The van der Waals surface area contributed by atoms with Crippen LogP contribution in [0.1, 0.15) is 63.1 Å². The van der Waals surface area contributed by atoms with Crippen LogP contribution >= 0.6 is 0 Å². The van der Waals surface area contributed by atoms with Crippen LogP contribution in [-0.2, 0) is 31.9 Å². The van der Waals surface area contributed by atoms with Gasteiger partial charge in [-0.05, 0) is 94.8 Å². The van der Waals surface area contributed by atoms with E-state index >= 15 is 0 Å². The van der Waals surface area contributed by atoms with Gasteiger partial charge in [0.1, 0.15) is 11.2 Å². The van der Waals surface area contributed by atoms with Crippen LogP contribution in [0.5, 0.6) is 0 Å². The monoisotopic (exact) mass is 908 g/mol. The van der Waals surface area contributed by atoms with Crippen LogP contribution < -0.4 is 5.32 Å². The standard InChI is InChI=1S/C40H37N2O.C11H8N.Ir/c1-24-30-23-33-32-22-28(40(2,3)4)14-16-37(32)43-39(33)38(24)29-11-7-8-12-34(29)42-35-15-13-27(21-31(30)35)36-20-26(17-18-41-36)19-25-9-5-6-10-25;1-2-6-10(7-3-1)11-8-4-5-9-12-11;/h7-8,11-12,14-18,20-23,25,42H,5-6,9-10,19H2,1-4H3;1-6,8-9H;/q2*-1;. The fourth-order valence-electron chi connectivity index (χ4n) is 8.37. The van der Waals surface area contributed by atoms with Gasteiger partial charge in [-0.15, -0.1) is 59.7 Å². The third-order valence-corrected chi connectivity index (χ3v) is 11.3. The van der Waals surface area contributed by atoms with E-state index < -0.39 is 0 Å². The summed E-state index contributed by atoms with van der Waals surface area (Å²) in [7, 11) is 0. The zero-order valence-electron chi connectivity index (χ0n) is 32.4. The van der Waals surface area contributed by atoms with Crippen LogP contribution in [0.25, 0.3) is 66.7 Å². The fraction of sp³-hybridized carbons (Fsp3) is 0.216. The average molecular weight is 908 g/mol. The van der Waals surface area contributed by atoms with Crippen LogP contribution in [-0.4, -0.2) is 9.97 Å². The maximum Gasteiger partial charge on any atom is 0.143 e. The Balaban J connectivity index is 0.000000290. The first-order chi connectivity index (χ1) is 26.8. The van der Waals surface area contributed by atoms with Gasteiger partial charge in [-0.1, -0.05) is 100 Å². The van der Waals surface area contributed by atoms with Crippen LogP contribution in [0.15, 0.2) is 132 Å². The van der Waals surface area contributed by atoms with Gasteiger partial charge in [-0.2, -0.15) is 0 Å². The largest absolute Gasteiger partial charge is 0.455 e. The van der Waals surface area contributed by atoms with Gasteiger partial charge in [-0.25, -0.2) is 0 Å². The number of hydrogen-bond donors (Lipinski definition) is 1. The number of benzene rings is 5. The summed E-state index contributed by atoms with van der Waals surface area (Å²) in [6.45, 7) is 9.04. The molecule has 1 N–H and O–H groups in total. The van der Waals surface area contributed by atoms with Gasteiger partial charge in [0.2, 0.25) is 0 Å². The smallest absolute Gasteiger partial charge is 0.143 e. The Morgan fingerprint density at radius 1 is 0.714 bits per heavy atom. The molecule has 1 aliphatic heterocycles. The van der Waals surface area contributed by atoms with E-state index in [0.29, 0.717) is 0 Å². The van der Waals surface area contributed by atoms with Crippen LogP contribution in [0.3, 0.4) is 0 Å². The first-order valence-corrected chi connectivity index (χ1v) is 19.6. The van der Waals surface area contributed by atoms with Crippen molar-refractivity contribution in [2.45, 2.75) is 65.2 Å². The van der Waals surface area contributed by atoms with Crippen LogP contribution in [0.2, 0.25) is 0 Å². The first-order valence-electron chi connectivity index (χ1n) is 19.6. The number of nitrogens with one attached hydrogen (secondary N) is 1. The number of hydrogen-bond acceptors (Lipinski definition) is 4. The molecular formula is C51H45IrN3O-2. The minimum Gasteiger partial charge on any atom is -0.455 e. The number of furan rings is 1. The Morgan fingerprint density at radius 2 is 1.52 bits per heavy atom. The second-order valence-corrected chi connectivity index (χ2v) is 16.1. The van der Waals surface area contributed by atoms with Crippen molar-refractivity contribution in [1.82, 2.24) is 9.97 Å². The Kier molecular flexibility index (Phi) is 10.5. The van der Waals surface area contributed by atoms with Crippen molar-refractivity contribution in [3.63, 3.8) is 0 Å². The fourth-order valence-corrected chi connectivity index (χ4v) is 8.37. The molecule has 0 saturated heterocycles. The SMILES string of the molecule is Cc1c2cc3c(oc4ccc(C(C)(C)C)cc43)c1-c1ccccc1Nc1c[c-]c(-c3cc(CC4CCCC4)ccn3)cc1-2.[Ir].[c-]1ccccc1-c1ccccn1. The molecular weight excluding hydrogens is 863 g/mol. The maximum atomic E-state index is 6.67. The Morgan fingerprint density at radius 3 is 2.30 bits per heavy atom. The number of pyridine rings is 2. The predicted molar refractivity (Wildman–Crippen MR) is 228 cm³/mol. The second-order valence-electron chi connectivity index (χ2n) is 16.1. The normalized spacial score (nSPS) is 13.4. The van der Waals surface area contributed by atoms with Gasteiger partial charge in [0.25, 0.3) is 0 Å². The van der Waals surface area contributed by atoms with Gasteiger partial charge in [0.05, 0.1) is 0 Å². The van der Waals surface area contributed by atoms with E-state index in [9.17, 15) is 0 Å². The number of anilines is 2. The van der Waals surface area contributed by atoms with E-state index in [1.807, 2.05) is 48.7 Å². The molecule has 4 nitrogen and oxygen atoms in total. The summed E-state index contributed by atoms with van der Waals surface area (Å²) in [5.74, 6) is 0.802. The molecule has 1 saturated carbocycles. The number of fused-ring (bicyclic) bond motifs is 10. The molecule has 0 unspecified atom stereocenters. The quantitative estimate of drug-likeness (QED) is 0.179. The molecule has 0 spiro atoms. The Labute approximate surface area is 343 Å². The zero-order chi connectivity index (χ0) is 37.5. The summed E-state index contributed by atoms with van der Waals surface area (Å²) in [5.41, 5.74) is 16.6. The van der Waals surface area contributed by atoms with Crippen molar-refractivity contribution >= 4 is 33.3 Å². The van der Waals surface area contributed by atoms with Crippen molar-refractivity contribution in [2.24, 2.45) is 5.92 Å². The molecule has 10 rings (SSSR count). The first kappa shape index (κ1) is 37.6. The van der Waals surface area contributed by atoms with Gasteiger partial charge in [0, 0.05) is 60.1 Å². The molecule has 5 heteroatoms. The van der Waals surface area contributed by atoms with Gasteiger partial charge < -0.3 is 19.7 Å². The zero-order valence-corrected chi connectivity index (χ0v) is 34.8. The van der Waals surface area contributed by atoms with Gasteiger partial charge in [0.15, 0.2) is 0 Å². The van der Waals surface area contributed by atoms with Crippen molar-refractivity contribution in [2.75, 3.05) is 5.32 Å². The molecule has 2 bridgehead atoms. The van der Waals surface area contributed by atoms with E-state index in [2.05, 4.69) is 123 Å². The Hall–Kier alpha value is -5.35. The van der Waals surface area contributed by atoms with Crippen molar-refractivity contribution in [3.05, 3.63) is 156 Å². The molecule has 1 radical (unpaired) electrons. The van der Waals surface area contributed by atoms with Crippen molar-refractivity contribution < 1.29 is 24.5 Å². The minimum atomic E-state index is 0. The van der Waals surface area contributed by atoms with E-state index in [1.54, 1.807) is 6.20 Å². The van der Waals surface area contributed by atoms with Crippen molar-refractivity contribution in [1.29, 1.82) is 0 Å². The molecule has 56 heavy (non-hydrogen) atoms. The topological polar surface area (TPSA) is 51.0 Å². The number of para-hydroxylation sites is 1. The molecule has 2 aliphatic rings. The molecule has 281 valence electrons. The van der Waals surface area contributed by atoms with Gasteiger partial charge in [-0.3, -0.25) is 0 Å². The molecule has 1 aliphatic carbocycles. The molecule has 8 aromatic rings. The number of aromatic nitrogens is 2. The van der Waals surface area contributed by atoms with Crippen LogP contribution in [0.4, 0.5) is 11.4 Å². The van der Waals surface area contributed by atoms with E-state index in [1.165, 1.54) is 53.3 Å². The molecule has 3 aromatic heterocycles. The summed E-state index contributed by atoms with van der Waals surface area (Å²) < 4.78 is 6.67. The van der Waals surface area contributed by atoms with E-state index in [-0.39, 0.29) is 25.5 Å². The molecule has 1 fully saturated rings. The third-order valence-electron chi connectivity index (χ3n) is 11.3. The van der Waals surface area contributed by atoms with Crippen LogP contribution in [0, 0.1) is 25.0 Å². The summed E-state index contributed by atoms with van der Waals surface area (Å²) in [6.07, 6.45) is 10.3. The summed E-state index contributed by atoms with van der Waals surface area (Å²) in [4.78, 5) is 9.03. The predicted octanol–water partition coefficient (Wildman–Crippen LogP) is 13.7. The average Bonchev–Trinajstić information content (AvgIpc) is 3.86. The molecule has 5 aromatic carbocycles. The van der Waals surface area contributed by atoms with E-state index in [4.69, 9.17) is 9.40 Å². The maximum absolute atomic E-state index is 6.67. The number of rotatable bonds is 4. The molecule has 4 heterocycles. The third kappa shape index (κ3) is 7.34. The molecule has 0 amide bonds. The van der Waals surface area contributed by atoms with E-state index in [0.717, 1.165) is 79.5 Å². The molecule has 0 atom stereocenters. The summed E-state index contributed by atoms with van der Waals surface area (Å²) in [6, 6.07) is 46.8. The van der Waals surface area contributed by atoms with Crippen molar-refractivity contribution in [3.8, 4) is 44.8 Å². The number of nitrogens with zero attached hydrogens (tertiary/aromatic N) is 2. The summed E-state index contributed by atoms with van der Waals surface area (Å²) in [5, 5.41) is 6.08. The van der Waals surface area contributed by atoms with Gasteiger partial charge >= 0.3 is 0 Å². The minimum absolute atomic E-state index is 0. The second kappa shape index (κ2) is 15.7.